The van der Waals surface area contributed by atoms with Crippen LogP contribution >= 0.6 is 35.0 Å². The van der Waals surface area contributed by atoms with Crippen molar-refractivity contribution < 1.29 is 9.84 Å². The van der Waals surface area contributed by atoms with Gasteiger partial charge in [-0.15, -0.1) is 11.8 Å². The fourth-order valence-electron chi connectivity index (χ4n) is 1.11. The van der Waals surface area contributed by atoms with Crippen LogP contribution in [0.4, 0.5) is 0 Å². The average molecular weight is 295 g/mol. The minimum atomic E-state index is -0.475. The standard InChI is InChI=1S/C12H16Cl2O2S/c1-8(2)16-6-9(15)7-17-10-3-4-11(13)12(14)5-10/h3-5,8-9,15H,6-7H2,1-2H3. The van der Waals surface area contributed by atoms with Crippen molar-refractivity contribution in [2.75, 3.05) is 12.4 Å². The zero-order chi connectivity index (χ0) is 12.8. The lowest BCUT2D eigenvalue weighted by Gasteiger charge is -2.13. The Morgan fingerprint density at radius 3 is 2.59 bits per heavy atom. The van der Waals surface area contributed by atoms with E-state index < -0.39 is 6.10 Å². The number of halogens is 2. The third kappa shape index (κ3) is 5.98. The molecule has 0 bridgehead atoms. The molecule has 2 nitrogen and oxygen atoms in total. The Bertz CT molecular complexity index is 358. The lowest BCUT2D eigenvalue weighted by molar-refractivity contribution is 0.0152. The van der Waals surface area contributed by atoms with Crippen LogP contribution in [0.1, 0.15) is 13.8 Å². The van der Waals surface area contributed by atoms with Crippen molar-refractivity contribution in [3.05, 3.63) is 28.2 Å². The highest BCUT2D eigenvalue weighted by molar-refractivity contribution is 7.99. The Hall–Kier alpha value is 0.0700. The molecule has 0 fully saturated rings. The van der Waals surface area contributed by atoms with Crippen molar-refractivity contribution >= 4 is 35.0 Å². The molecule has 0 aliphatic heterocycles. The number of ether oxygens (including phenoxy) is 1. The summed E-state index contributed by atoms with van der Waals surface area (Å²) in [4.78, 5) is 0.989. The quantitative estimate of drug-likeness (QED) is 0.808. The second-order valence-corrected chi connectivity index (χ2v) is 5.83. The Balaban J connectivity index is 2.36. The van der Waals surface area contributed by atoms with E-state index in [0.29, 0.717) is 22.4 Å². The molecule has 1 unspecified atom stereocenters. The number of rotatable bonds is 6. The van der Waals surface area contributed by atoms with Crippen LogP contribution in [-0.2, 0) is 4.74 Å². The van der Waals surface area contributed by atoms with Crippen LogP contribution in [0.5, 0.6) is 0 Å². The number of aliphatic hydroxyl groups is 1. The number of thioether (sulfide) groups is 1. The molecule has 0 amide bonds. The van der Waals surface area contributed by atoms with Gasteiger partial charge in [-0.1, -0.05) is 23.2 Å². The van der Waals surface area contributed by atoms with E-state index in [0.717, 1.165) is 4.90 Å². The first kappa shape index (κ1) is 15.1. The normalized spacial score (nSPS) is 13.1. The molecule has 5 heteroatoms. The van der Waals surface area contributed by atoms with Crippen LogP contribution < -0.4 is 0 Å². The minimum absolute atomic E-state index is 0.139. The molecule has 0 aliphatic carbocycles. The molecule has 1 aromatic carbocycles. The number of benzene rings is 1. The Morgan fingerprint density at radius 1 is 1.29 bits per heavy atom. The first-order chi connectivity index (χ1) is 7.99. The molecular formula is C12H16Cl2O2S. The van der Waals surface area contributed by atoms with Gasteiger partial charge in [-0.2, -0.15) is 0 Å². The molecule has 1 atom stereocenters. The summed E-state index contributed by atoms with van der Waals surface area (Å²) in [6, 6.07) is 5.43. The first-order valence-electron chi connectivity index (χ1n) is 5.36. The monoisotopic (exact) mass is 294 g/mol. The maximum atomic E-state index is 9.68. The average Bonchev–Trinajstić information content (AvgIpc) is 2.28. The van der Waals surface area contributed by atoms with Crippen molar-refractivity contribution in [2.24, 2.45) is 0 Å². The molecule has 1 N–H and O–H groups in total. The summed E-state index contributed by atoms with van der Waals surface area (Å²) in [6.07, 6.45) is -0.337. The summed E-state index contributed by atoms with van der Waals surface area (Å²) in [7, 11) is 0. The fraction of sp³-hybridized carbons (Fsp3) is 0.500. The van der Waals surface area contributed by atoms with E-state index in [1.807, 2.05) is 19.9 Å². The number of hydrogen-bond donors (Lipinski definition) is 1. The highest BCUT2D eigenvalue weighted by Gasteiger charge is 2.07. The van der Waals surface area contributed by atoms with Gasteiger partial charge in [-0.3, -0.25) is 0 Å². The second kappa shape index (κ2) is 7.49. The lowest BCUT2D eigenvalue weighted by atomic mass is 10.4. The fourth-order valence-corrected chi connectivity index (χ4v) is 2.32. The van der Waals surface area contributed by atoms with Gasteiger partial charge in [0.05, 0.1) is 28.9 Å². The molecule has 0 radical (unpaired) electrons. The van der Waals surface area contributed by atoms with Gasteiger partial charge in [0.2, 0.25) is 0 Å². The lowest BCUT2D eigenvalue weighted by Crippen LogP contribution is -2.20. The Labute approximate surface area is 116 Å². The molecule has 0 aliphatic rings. The van der Waals surface area contributed by atoms with Gasteiger partial charge in [-0.25, -0.2) is 0 Å². The summed E-state index contributed by atoms with van der Waals surface area (Å²) in [6.45, 7) is 4.24. The molecular weight excluding hydrogens is 279 g/mol. The van der Waals surface area contributed by atoms with E-state index in [2.05, 4.69) is 0 Å². The van der Waals surface area contributed by atoms with Crippen LogP contribution in [0.25, 0.3) is 0 Å². The van der Waals surface area contributed by atoms with Crippen molar-refractivity contribution in [2.45, 2.75) is 31.0 Å². The van der Waals surface area contributed by atoms with Crippen molar-refractivity contribution in [3.8, 4) is 0 Å². The van der Waals surface area contributed by atoms with Crippen LogP contribution in [0, 0.1) is 0 Å². The summed E-state index contributed by atoms with van der Waals surface area (Å²) in [5.74, 6) is 0.574. The van der Waals surface area contributed by atoms with Gasteiger partial charge in [0, 0.05) is 10.6 Å². The van der Waals surface area contributed by atoms with Crippen LogP contribution in [0.2, 0.25) is 10.0 Å². The predicted octanol–water partition coefficient (Wildman–Crippen LogP) is 3.87. The SMILES string of the molecule is CC(C)OCC(O)CSc1ccc(Cl)c(Cl)c1. The molecule has 96 valence electrons. The Morgan fingerprint density at radius 2 is 2.00 bits per heavy atom. The van der Waals surface area contributed by atoms with Gasteiger partial charge in [0.15, 0.2) is 0 Å². The van der Waals surface area contributed by atoms with E-state index >= 15 is 0 Å². The summed E-state index contributed by atoms with van der Waals surface area (Å²) in [5, 5.41) is 10.8. The zero-order valence-electron chi connectivity index (χ0n) is 9.82. The Kier molecular flexibility index (Phi) is 6.67. The molecule has 1 aromatic rings. The zero-order valence-corrected chi connectivity index (χ0v) is 12.1. The van der Waals surface area contributed by atoms with Crippen molar-refractivity contribution in [3.63, 3.8) is 0 Å². The molecule has 17 heavy (non-hydrogen) atoms. The van der Waals surface area contributed by atoms with E-state index in [4.69, 9.17) is 27.9 Å². The smallest absolute Gasteiger partial charge is 0.0867 e. The molecule has 0 saturated carbocycles. The molecule has 1 rings (SSSR count). The molecule has 0 saturated heterocycles. The topological polar surface area (TPSA) is 29.5 Å². The number of hydrogen-bond acceptors (Lipinski definition) is 3. The summed E-state index contributed by atoms with van der Waals surface area (Å²) < 4.78 is 5.32. The summed E-state index contributed by atoms with van der Waals surface area (Å²) >= 11 is 13.2. The summed E-state index contributed by atoms with van der Waals surface area (Å²) in [5.41, 5.74) is 0. The second-order valence-electron chi connectivity index (χ2n) is 3.92. The van der Waals surface area contributed by atoms with Gasteiger partial charge in [0.1, 0.15) is 0 Å². The van der Waals surface area contributed by atoms with Crippen LogP contribution in [0.3, 0.4) is 0 Å². The third-order valence-corrected chi connectivity index (χ3v) is 3.83. The van der Waals surface area contributed by atoms with E-state index in [1.54, 1.807) is 12.1 Å². The molecule has 0 spiro atoms. The first-order valence-corrected chi connectivity index (χ1v) is 7.10. The number of aliphatic hydroxyl groups excluding tert-OH is 1. The highest BCUT2D eigenvalue weighted by atomic mass is 35.5. The van der Waals surface area contributed by atoms with Crippen LogP contribution in [0.15, 0.2) is 23.1 Å². The molecule has 0 heterocycles. The van der Waals surface area contributed by atoms with E-state index in [9.17, 15) is 5.11 Å². The van der Waals surface area contributed by atoms with Gasteiger partial charge < -0.3 is 9.84 Å². The third-order valence-electron chi connectivity index (χ3n) is 1.96. The van der Waals surface area contributed by atoms with Crippen molar-refractivity contribution in [1.82, 2.24) is 0 Å². The van der Waals surface area contributed by atoms with Gasteiger partial charge >= 0.3 is 0 Å². The maximum absolute atomic E-state index is 9.68. The largest absolute Gasteiger partial charge is 0.390 e. The van der Waals surface area contributed by atoms with Crippen LogP contribution in [-0.4, -0.2) is 29.7 Å². The van der Waals surface area contributed by atoms with Crippen molar-refractivity contribution in [1.29, 1.82) is 0 Å². The molecule has 0 aromatic heterocycles. The minimum Gasteiger partial charge on any atom is -0.390 e. The highest BCUT2D eigenvalue weighted by Crippen LogP contribution is 2.28. The van der Waals surface area contributed by atoms with E-state index in [-0.39, 0.29) is 6.10 Å². The van der Waals surface area contributed by atoms with Gasteiger partial charge in [-0.05, 0) is 32.0 Å². The van der Waals surface area contributed by atoms with E-state index in [1.165, 1.54) is 11.8 Å². The van der Waals surface area contributed by atoms with Gasteiger partial charge in [0.25, 0.3) is 0 Å². The maximum Gasteiger partial charge on any atom is 0.0867 e. The predicted molar refractivity (Wildman–Crippen MR) is 74.3 cm³/mol.